The van der Waals surface area contributed by atoms with Crippen LogP contribution in [-0.2, 0) is 9.53 Å². The average Bonchev–Trinajstić information content (AvgIpc) is 3.00. The van der Waals surface area contributed by atoms with Gasteiger partial charge >= 0.3 is 0 Å². The van der Waals surface area contributed by atoms with E-state index in [0.29, 0.717) is 18.1 Å². The lowest BCUT2D eigenvalue weighted by Gasteiger charge is -2.35. The molecule has 0 bridgehead atoms. The molecular weight excluding hydrogens is 298 g/mol. The van der Waals surface area contributed by atoms with E-state index in [1.54, 1.807) is 13.3 Å². The summed E-state index contributed by atoms with van der Waals surface area (Å²) < 4.78 is 11.2. The van der Waals surface area contributed by atoms with Crippen molar-refractivity contribution in [2.75, 3.05) is 18.9 Å². The quantitative estimate of drug-likeness (QED) is 0.751. The number of carbonyl (C=O) groups excluding carboxylic acids is 1. The summed E-state index contributed by atoms with van der Waals surface area (Å²) in [4.78, 5) is 20.0. The molecule has 1 saturated heterocycles. The van der Waals surface area contributed by atoms with Gasteiger partial charge in [0.25, 0.3) is 0 Å². The summed E-state index contributed by atoms with van der Waals surface area (Å²) in [6, 6.07) is 1.85. The van der Waals surface area contributed by atoms with Crippen LogP contribution >= 0.6 is 0 Å². The Labute approximate surface area is 134 Å². The van der Waals surface area contributed by atoms with Crippen molar-refractivity contribution >= 4 is 22.8 Å². The van der Waals surface area contributed by atoms with E-state index in [4.69, 9.17) is 9.15 Å². The topological polar surface area (TPSA) is 101 Å². The molecule has 1 aliphatic rings. The van der Waals surface area contributed by atoms with Gasteiger partial charge in [-0.2, -0.15) is 0 Å². The Morgan fingerprint density at radius 2 is 2.26 bits per heavy atom. The van der Waals surface area contributed by atoms with E-state index in [-0.39, 0.29) is 24.3 Å². The lowest BCUT2D eigenvalue weighted by Crippen LogP contribution is -2.51. The Balaban J connectivity index is 1.60. The van der Waals surface area contributed by atoms with Crippen molar-refractivity contribution in [2.45, 2.75) is 38.1 Å². The van der Waals surface area contributed by atoms with Crippen LogP contribution in [0.25, 0.3) is 11.1 Å². The second-order valence-corrected chi connectivity index (χ2v) is 5.62. The van der Waals surface area contributed by atoms with Crippen LogP contribution in [-0.4, -0.2) is 47.8 Å². The number of hydrogen-bond donors (Lipinski definition) is 3. The smallest absolute Gasteiger partial charge is 0.234 e. The second kappa shape index (κ2) is 6.93. The maximum absolute atomic E-state index is 11.7. The summed E-state index contributed by atoms with van der Waals surface area (Å²) in [6.45, 7) is 2.27. The maximum Gasteiger partial charge on any atom is 0.234 e. The monoisotopic (exact) mass is 319 g/mol. The van der Waals surface area contributed by atoms with E-state index in [1.807, 2.05) is 13.0 Å². The van der Waals surface area contributed by atoms with Crippen LogP contribution in [0.3, 0.4) is 0 Å². The Kier molecular flexibility index (Phi) is 4.73. The predicted octanol–water partition coefficient (Wildman–Crippen LogP) is 0.864. The molecule has 1 fully saturated rings. The van der Waals surface area contributed by atoms with Crippen molar-refractivity contribution in [3.8, 4) is 0 Å². The summed E-state index contributed by atoms with van der Waals surface area (Å²) in [6.07, 6.45) is 4.43. The molecule has 3 rings (SSSR count). The highest BCUT2D eigenvalue weighted by atomic mass is 16.5. The first kappa shape index (κ1) is 15.7. The molecule has 23 heavy (non-hydrogen) atoms. The number of nitrogens with zero attached hydrogens (tertiary/aromatic N) is 2. The van der Waals surface area contributed by atoms with Crippen molar-refractivity contribution < 1.29 is 13.9 Å². The average molecular weight is 319 g/mol. The number of anilines is 1. The molecule has 2 aromatic heterocycles. The van der Waals surface area contributed by atoms with Crippen LogP contribution in [0.4, 0.5) is 5.82 Å². The standard InChI is InChI=1S/C15H21N5O3/c1-9-11(19-12(21)7-16-2)3-4-13(23-9)20-14-10-5-6-22-15(10)18-8-17-14/h5-6,8-9,11,13,16H,3-4,7H2,1-2H3,(H,19,21)(H,17,18,20)/t9-,11+,13-/m0/s1. The lowest BCUT2D eigenvalue weighted by atomic mass is 10.0. The molecule has 124 valence electrons. The summed E-state index contributed by atoms with van der Waals surface area (Å²) in [5.41, 5.74) is 0.545. The van der Waals surface area contributed by atoms with E-state index < -0.39 is 0 Å². The number of aromatic nitrogens is 2. The van der Waals surface area contributed by atoms with Crippen molar-refractivity contribution in [2.24, 2.45) is 0 Å². The zero-order valence-corrected chi connectivity index (χ0v) is 13.2. The lowest BCUT2D eigenvalue weighted by molar-refractivity contribution is -0.124. The molecule has 3 heterocycles. The van der Waals surface area contributed by atoms with Crippen LogP contribution in [0.1, 0.15) is 19.8 Å². The minimum Gasteiger partial charge on any atom is -0.446 e. The number of fused-ring (bicyclic) bond motifs is 1. The van der Waals surface area contributed by atoms with Crippen molar-refractivity contribution in [3.05, 3.63) is 18.7 Å². The van der Waals surface area contributed by atoms with E-state index in [9.17, 15) is 4.79 Å². The van der Waals surface area contributed by atoms with Gasteiger partial charge in [-0.3, -0.25) is 4.79 Å². The third-order valence-electron chi connectivity index (χ3n) is 3.93. The molecule has 0 aliphatic carbocycles. The third kappa shape index (κ3) is 3.59. The number of amides is 1. The zero-order valence-electron chi connectivity index (χ0n) is 13.2. The van der Waals surface area contributed by atoms with Gasteiger partial charge in [0.1, 0.15) is 18.4 Å². The summed E-state index contributed by atoms with van der Waals surface area (Å²) in [7, 11) is 1.75. The maximum atomic E-state index is 11.7. The normalized spacial score (nSPS) is 24.5. The molecule has 0 aromatic carbocycles. The van der Waals surface area contributed by atoms with Crippen molar-refractivity contribution in [1.82, 2.24) is 20.6 Å². The molecule has 8 nitrogen and oxygen atoms in total. The Morgan fingerprint density at radius 1 is 1.39 bits per heavy atom. The fourth-order valence-corrected chi connectivity index (χ4v) is 2.76. The molecule has 0 unspecified atom stereocenters. The number of ether oxygens (including phenoxy) is 1. The van der Waals surface area contributed by atoms with Gasteiger partial charge in [-0.25, -0.2) is 9.97 Å². The highest BCUT2D eigenvalue weighted by Gasteiger charge is 2.29. The molecule has 0 radical (unpaired) electrons. The third-order valence-corrected chi connectivity index (χ3v) is 3.93. The van der Waals surface area contributed by atoms with Crippen LogP contribution in [0.5, 0.6) is 0 Å². The fraction of sp³-hybridized carbons (Fsp3) is 0.533. The van der Waals surface area contributed by atoms with Gasteiger partial charge in [0, 0.05) is 0 Å². The van der Waals surface area contributed by atoms with Gasteiger partial charge in [-0.1, -0.05) is 0 Å². The van der Waals surface area contributed by atoms with E-state index in [0.717, 1.165) is 18.2 Å². The number of carbonyl (C=O) groups is 1. The molecular formula is C15H21N5O3. The molecule has 2 aromatic rings. The summed E-state index contributed by atoms with van der Waals surface area (Å²) in [5, 5.41) is 9.93. The van der Waals surface area contributed by atoms with Gasteiger partial charge in [-0.05, 0) is 32.9 Å². The first-order chi connectivity index (χ1) is 11.2. The van der Waals surface area contributed by atoms with Gasteiger partial charge in [0.2, 0.25) is 11.6 Å². The second-order valence-electron chi connectivity index (χ2n) is 5.62. The minimum absolute atomic E-state index is 0.0183. The van der Waals surface area contributed by atoms with Crippen molar-refractivity contribution in [1.29, 1.82) is 0 Å². The largest absolute Gasteiger partial charge is 0.446 e. The summed E-state index contributed by atoms with van der Waals surface area (Å²) in [5.74, 6) is 0.675. The molecule has 8 heteroatoms. The van der Waals surface area contributed by atoms with Gasteiger partial charge in [0.15, 0.2) is 0 Å². The molecule has 0 spiro atoms. The van der Waals surface area contributed by atoms with Crippen LogP contribution in [0.15, 0.2) is 23.1 Å². The Hall–Kier alpha value is -2.19. The van der Waals surface area contributed by atoms with Crippen LogP contribution in [0, 0.1) is 0 Å². The first-order valence-corrected chi connectivity index (χ1v) is 7.71. The zero-order chi connectivity index (χ0) is 16.2. The number of rotatable bonds is 5. The number of hydrogen-bond acceptors (Lipinski definition) is 7. The van der Waals surface area contributed by atoms with Crippen LogP contribution < -0.4 is 16.0 Å². The van der Waals surface area contributed by atoms with E-state index >= 15 is 0 Å². The van der Waals surface area contributed by atoms with Crippen molar-refractivity contribution in [3.63, 3.8) is 0 Å². The van der Waals surface area contributed by atoms with Crippen LogP contribution in [0.2, 0.25) is 0 Å². The number of likely N-dealkylation sites (N-methyl/N-ethyl adjacent to an activating group) is 1. The highest BCUT2D eigenvalue weighted by molar-refractivity contribution is 5.85. The Bertz CT molecular complexity index is 674. The van der Waals surface area contributed by atoms with Gasteiger partial charge < -0.3 is 25.1 Å². The fourth-order valence-electron chi connectivity index (χ4n) is 2.76. The molecule has 1 aliphatic heterocycles. The molecule has 3 N–H and O–H groups in total. The Morgan fingerprint density at radius 3 is 3.04 bits per heavy atom. The SMILES string of the molecule is CNCC(=O)N[C@@H]1CC[C@@H](Nc2ncnc3occc23)O[C@H]1C. The predicted molar refractivity (Wildman–Crippen MR) is 84.9 cm³/mol. The summed E-state index contributed by atoms with van der Waals surface area (Å²) >= 11 is 0. The molecule has 0 saturated carbocycles. The number of furan rings is 1. The molecule has 1 amide bonds. The van der Waals surface area contributed by atoms with E-state index in [1.165, 1.54) is 6.33 Å². The molecule has 3 atom stereocenters. The minimum atomic E-state index is -0.157. The highest BCUT2D eigenvalue weighted by Crippen LogP contribution is 2.25. The van der Waals surface area contributed by atoms with Gasteiger partial charge in [0.05, 0.1) is 30.3 Å². The number of nitrogens with one attached hydrogen (secondary N) is 3. The first-order valence-electron chi connectivity index (χ1n) is 7.71. The van der Waals surface area contributed by atoms with E-state index in [2.05, 4.69) is 25.9 Å². The van der Waals surface area contributed by atoms with Gasteiger partial charge in [-0.15, -0.1) is 0 Å².